The Bertz CT molecular complexity index is 756. The van der Waals surface area contributed by atoms with Gasteiger partial charge in [0.1, 0.15) is 6.54 Å². The fourth-order valence-electron chi connectivity index (χ4n) is 8.14. The van der Waals surface area contributed by atoms with E-state index in [4.69, 9.17) is 0 Å². The lowest BCUT2D eigenvalue weighted by Crippen LogP contribution is -2.48. The number of aryl methyl sites for hydroxylation is 2. The summed E-state index contributed by atoms with van der Waals surface area (Å²) in [5.74, 6) is 4.55. The van der Waals surface area contributed by atoms with Gasteiger partial charge in [-0.1, -0.05) is 20.3 Å². The molecule has 1 aromatic heterocycles. The SMILES string of the molecule is CC[C@H]1CC[C@@H]2[C@H](CC[C@]3(C)[C@@H](C(=O)Cn4nc(C)cc4C)CC[C@@H]23)[C@H]1CCCO. The van der Waals surface area contributed by atoms with Crippen LogP contribution < -0.4 is 0 Å². The summed E-state index contributed by atoms with van der Waals surface area (Å²) in [7, 11) is 0. The van der Waals surface area contributed by atoms with Crippen molar-refractivity contribution in [2.75, 3.05) is 6.61 Å². The molecule has 0 spiro atoms. The van der Waals surface area contributed by atoms with E-state index in [2.05, 4.69) is 31.9 Å². The summed E-state index contributed by atoms with van der Waals surface area (Å²) in [4.78, 5) is 13.4. The van der Waals surface area contributed by atoms with Gasteiger partial charge in [-0.3, -0.25) is 9.48 Å². The van der Waals surface area contributed by atoms with E-state index in [0.29, 0.717) is 24.9 Å². The smallest absolute Gasteiger partial charge is 0.157 e. The number of nitrogens with zero attached hydrogens (tertiary/aromatic N) is 2. The number of carbonyl (C=O) groups excluding carboxylic acids is 1. The van der Waals surface area contributed by atoms with Crippen LogP contribution in [-0.2, 0) is 11.3 Å². The second kappa shape index (κ2) is 8.76. The van der Waals surface area contributed by atoms with Gasteiger partial charge in [-0.25, -0.2) is 0 Å². The molecular formula is C26H42N2O2. The van der Waals surface area contributed by atoms with Gasteiger partial charge >= 0.3 is 0 Å². The zero-order chi connectivity index (χ0) is 21.5. The van der Waals surface area contributed by atoms with Crippen molar-refractivity contribution in [3.8, 4) is 0 Å². The van der Waals surface area contributed by atoms with Gasteiger partial charge in [-0.15, -0.1) is 0 Å². The average molecular weight is 415 g/mol. The maximum atomic E-state index is 13.4. The molecule has 3 aliphatic rings. The number of Topliss-reactive ketones (excluding diaryl/α,β-unsaturated/α-hetero) is 1. The van der Waals surface area contributed by atoms with Crippen LogP contribution in [0.1, 0.15) is 83.0 Å². The van der Waals surface area contributed by atoms with E-state index >= 15 is 0 Å². The normalized spacial score (nSPS) is 38.3. The van der Waals surface area contributed by atoms with Crippen molar-refractivity contribution in [1.29, 1.82) is 0 Å². The molecule has 168 valence electrons. The van der Waals surface area contributed by atoms with Crippen LogP contribution in [0.25, 0.3) is 0 Å². The third-order valence-corrected chi connectivity index (χ3v) is 9.54. The van der Waals surface area contributed by atoms with Crippen molar-refractivity contribution in [2.45, 2.75) is 92.0 Å². The predicted molar refractivity (Wildman–Crippen MR) is 120 cm³/mol. The summed E-state index contributed by atoms with van der Waals surface area (Å²) >= 11 is 0. The lowest BCUT2D eigenvalue weighted by Gasteiger charge is -2.54. The zero-order valence-electron chi connectivity index (χ0n) is 19.6. The summed E-state index contributed by atoms with van der Waals surface area (Å²) in [6.45, 7) is 9.62. The predicted octanol–water partition coefficient (Wildman–Crippen LogP) is 5.34. The molecule has 1 heterocycles. The van der Waals surface area contributed by atoms with Crippen molar-refractivity contribution in [2.24, 2.45) is 40.9 Å². The Hall–Kier alpha value is -1.16. The van der Waals surface area contributed by atoms with Crippen molar-refractivity contribution in [1.82, 2.24) is 9.78 Å². The number of hydrogen-bond acceptors (Lipinski definition) is 3. The van der Waals surface area contributed by atoms with Gasteiger partial charge in [0.2, 0.25) is 0 Å². The Morgan fingerprint density at radius 2 is 2.00 bits per heavy atom. The maximum Gasteiger partial charge on any atom is 0.157 e. The molecule has 0 bridgehead atoms. The molecule has 0 aliphatic heterocycles. The number of aliphatic hydroxyl groups excluding tert-OH is 1. The first-order valence-corrected chi connectivity index (χ1v) is 12.5. The van der Waals surface area contributed by atoms with E-state index < -0.39 is 0 Å². The fraction of sp³-hybridized carbons (Fsp3) is 0.846. The zero-order valence-corrected chi connectivity index (χ0v) is 19.6. The number of hydrogen-bond donors (Lipinski definition) is 1. The molecule has 0 unspecified atom stereocenters. The lowest BCUT2D eigenvalue weighted by molar-refractivity contribution is -0.130. The standard InChI is InChI=1S/C26H42N2O2/c1-5-19-8-9-22-21(20(19)7-6-14-29)12-13-26(4)23(22)10-11-24(26)25(30)16-28-18(3)15-17(2)27-28/h15,19-24,29H,5-14,16H2,1-4H3/t19-,20-,21+,22+,23-,24+,26-/m0/s1. The van der Waals surface area contributed by atoms with E-state index in [-0.39, 0.29) is 11.3 Å². The maximum absolute atomic E-state index is 13.4. The van der Waals surface area contributed by atoms with Crippen LogP contribution in [0.4, 0.5) is 0 Å². The second-order valence-corrected chi connectivity index (χ2v) is 10.9. The molecule has 4 nitrogen and oxygen atoms in total. The first-order valence-electron chi connectivity index (χ1n) is 12.5. The van der Waals surface area contributed by atoms with E-state index in [1.807, 2.05) is 11.6 Å². The molecule has 3 aliphatic carbocycles. The molecule has 30 heavy (non-hydrogen) atoms. The minimum atomic E-state index is 0.176. The van der Waals surface area contributed by atoms with Crippen LogP contribution in [-0.4, -0.2) is 27.3 Å². The van der Waals surface area contributed by atoms with Crippen molar-refractivity contribution < 1.29 is 9.90 Å². The highest BCUT2D eigenvalue weighted by Crippen LogP contribution is 2.63. The summed E-state index contributed by atoms with van der Waals surface area (Å²) in [5.41, 5.74) is 2.27. The monoisotopic (exact) mass is 414 g/mol. The molecule has 4 rings (SSSR count). The van der Waals surface area contributed by atoms with Gasteiger partial charge in [-0.2, -0.15) is 5.10 Å². The Kier molecular flexibility index (Phi) is 6.44. The molecule has 0 radical (unpaired) electrons. The van der Waals surface area contributed by atoms with Crippen molar-refractivity contribution in [3.63, 3.8) is 0 Å². The highest BCUT2D eigenvalue weighted by Gasteiger charge is 2.57. The number of fused-ring (bicyclic) bond motifs is 3. The molecule has 0 saturated heterocycles. The summed E-state index contributed by atoms with van der Waals surface area (Å²) in [6.07, 6.45) is 10.9. The van der Waals surface area contributed by atoms with Gasteiger partial charge in [0.25, 0.3) is 0 Å². The van der Waals surface area contributed by atoms with Crippen LogP contribution in [0.5, 0.6) is 0 Å². The molecule has 3 fully saturated rings. The quantitative estimate of drug-likeness (QED) is 0.655. The summed E-state index contributed by atoms with van der Waals surface area (Å²) < 4.78 is 1.91. The molecule has 1 aromatic rings. The van der Waals surface area contributed by atoms with E-state index in [9.17, 15) is 9.90 Å². The third kappa shape index (κ3) is 3.78. The minimum Gasteiger partial charge on any atom is -0.396 e. The van der Waals surface area contributed by atoms with Gasteiger partial charge in [0, 0.05) is 18.2 Å². The summed E-state index contributed by atoms with van der Waals surface area (Å²) in [5, 5.41) is 14.0. The first-order chi connectivity index (χ1) is 14.4. The summed E-state index contributed by atoms with van der Waals surface area (Å²) in [6, 6.07) is 2.07. The van der Waals surface area contributed by atoms with Crippen LogP contribution in [0, 0.1) is 54.8 Å². The van der Waals surface area contributed by atoms with Crippen LogP contribution in [0.15, 0.2) is 6.07 Å². The van der Waals surface area contributed by atoms with Gasteiger partial charge in [0.15, 0.2) is 5.78 Å². The highest BCUT2D eigenvalue weighted by atomic mass is 16.2. The van der Waals surface area contributed by atoms with Crippen molar-refractivity contribution >= 4 is 5.78 Å². The molecule has 0 aromatic carbocycles. The first kappa shape index (κ1) is 22.0. The average Bonchev–Trinajstić information content (AvgIpc) is 3.23. The van der Waals surface area contributed by atoms with E-state index in [1.54, 1.807) is 0 Å². The molecule has 7 atom stereocenters. The number of aromatic nitrogens is 2. The molecule has 1 N–H and O–H groups in total. The van der Waals surface area contributed by atoms with Crippen molar-refractivity contribution in [3.05, 3.63) is 17.5 Å². The molecule has 3 saturated carbocycles. The molecule has 4 heteroatoms. The Morgan fingerprint density at radius 1 is 1.20 bits per heavy atom. The molecule has 0 amide bonds. The van der Waals surface area contributed by atoms with Crippen LogP contribution >= 0.6 is 0 Å². The fourth-order valence-corrected chi connectivity index (χ4v) is 8.14. The number of rotatable bonds is 7. The van der Waals surface area contributed by atoms with Gasteiger partial charge in [-0.05, 0) is 106 Å². The number of ketones is 1. The van der Waals surface area contributed by atoms with Gasteiger partial charge in [0.05, 0.1) is 5.69 Å². The second-order valence-electron chi connectivity index (χ2n) is 10.9. The highest BCUT2D eigenvalue weighted by molar-refractivity contribution is 5.82. The van der Waals surface area contributed by atoms with Crippen LogP contribution in [0.3, 0.4) is 0 Å². The minimum absolute atomic E-state index is 0.176. The van der Waals surface area contributed by atoms with Crippen LogP contribution in [0.2, 0.25) is 0 Å². The molecular weight excluding hydrogens is 372 g/mol. The van der Waals surface area contributed by atoms with E-state index in [1.165, 1.54) is 44.9 Å². The Labute approximate surface area is 182 Å². The largest absolute Gasteiger partial charge is 0.396 e. The third-order valence-electron chi connectivity index (χ3n) is 9.54. The van der Waals surface area contributed by atoms with E-state index in [0.717, 1.165) is 47.9 Å². The van der Waals surface area contributed by atoms with Gasteiger partial charge < -0.3 is 5.11 Å². The number of aliphatic hydroxyl groups is 1. The number of carbonyl (C=O) groups is 1. The topological polar surface area (TPSA) is 55.1 Å². The Balaban J connectivity index is 1.50. The Morgan fingerprint density at radius 3 is 2.67 bits per heavy atom. The lowest BCUT2D eigenvalue weighted by atomic mass is 9.50.